The van der Waals surface area contributed by atoms with Gasteiger partial charge in [-0.05, 0) is 49.4 Å². The van der Waals surface area contributed by atoms with Crippen molar-refractivity contribution in [3.63, 3.8) is 0 Å². The highest BCUT2D eigenvalue weighted by atomic mass is 16.1. The number of hydrogen-bond donors (Lipinski definition) is 2. The Labute approximate surface area is 110 Å². The van der Waals surface area contributed by atoms with E-state index in [1.165, 1.54) is 5.56 Å². The van der Waals surface area contributed by atoms with Gasteiger partial charge in [-0.1, -0.05) is 26.0 Å². The number of hydrogen-bond acceptors (Lipinski definition) is 2. The van der Waals surface area contributed by atoms with Crippen LogP contribution in [0.4, 0.5) is 5.69 Å². The number of aryl methyl sites for hydroxylation is 1. The van der Waals surface area contributed by atoms with Crippen molar-refractivity contribution in [1.29, 1.82) is 0 Å². The Hall–Kier alpha value is -1.35. The van der Waals surface area contributed by atoms with Crippen molar-refractivity contribution in [2.24, 2.45) is 11.7 Å². The molecule has 0 spiro atoms. The van der Waals surface area contributed by atoms with Gasteiger partial charge in [-0.15, -0.1) is 0 Å². The first kappa shape index (κ1) is 14.7. The van der Waals surface area contributed by atoms with Crippen LogP contribution in [0.5, 0.6) is 0 Å². The smallest absolute Gasteiger partial charge is 0.224 e. The molecule has 18 heavy (non-hydrogen) atoms. The van der Waals surface area contributed by atoms with Gasteiger partial charge in [0.25, 0.3) is 0 Å². The lowest BCUT2D eigenvalue weighted by atomic mass is 10.1. The van der Waals surface area contributed by atoms with E-state index in [1.54, 1.807) is 0 Å². The van der Waals surface area contributed by atoms with Gasteiger partial charge >= 0.3 is 0 Å². The molecule has 0 aromatic heterocycles. The number of carbonyl (C=O) groups is 1. The molecule has 0 saturated heterocycles. The van der Waals surface area contributed by atoms with Gasteiger partial charge < -0.3 is 11.1 Å². The van der Waals surface area contributed by atoms with E-state index in [4.69, 9.17) is 5.73 Å². The van der Waals surface area contributed by atoms with Crippen molar-refractivity contribution >= 4 is 11.6 Å². The molecule has 0 atom stereocenters. The Morgan fingerprint density at radius 1 is 1.39 bits per heavy atom. The van der Waals surface area contributed by atoms with Gasteiger partial charge in [-0.3, -0.25) is 4.79 Å². The van der Waals surface area contributed by atoms with E-state index in [0.717, 1.165) is 24.9 Å². The number of nitrogens with two attached hydrogens (primary N) is 1. The van der Waals surface area contributed by atoms with Crippen LogP contribution in [0, 0.1) is 5.92 Å². The van der Waals surface area contributed by atoms with E-state index in [1.807, 2.05) is 18.2 Å². The minimum atomic E-state index is 0.0969. The predicted octanol–water partition coefficient (Wildman–Crippen LogP) is 2.95. The minimum Gasteiger partial charge on any atom is -0.330 e. The molecular formula is C15H24N2O. The molecule has 1 aromatic rings. The lowest BCUT2D eigenvalue weighted by molar-refractivity contribution is -0.116. The Morgan fingerprint density at radius 2 is 2.17 bits per heavy atom. The van der Waals surface area contributed by atoms with E-state index in [-0.39, 0.29) is 5.91 Å². The zero-order valence-electron chi connectivity index (χ0n) is 11.4. The summed E-state index contributed by atoms with van der Waals surface area (Å²) in [7, 11) is 0. The van der Waals surface area contributed by atoms with E-state index < -0.39 is 0 Å². The highest BCUT2D eigenvalue weighted by Gasteiger charge is 2.04. The standard InChI is InChI=1S/C15H24N2O/c1-12(2)8-9-15(18)17-14-7-3-5-13(11-14)6-4-10-16/h3,5,7,11-12H,4,6,8-10,16H2,1-2H3,(H,17,18). The van der Waals surface area contributed by atoms with Crippen LogP contribution in [0.1, 0.15) is 38.7 Å². The molecule has 0 bridgehead atoms. The van der Waals surface area contributed by atoms with Crippen LogP contribution >= 0.6 is 0 Å². The highest BCUT2D eigenvalue weighted by Crippen LogP contribution is 2.13. The second kappa shape index (κ2) is 7.88. The van der Waals surface area contributed by atoms with E-state index in [2.05, 4.69) is 25.2 Å². The monoisotopic (exact) mass is 248 g/mol. The number of benzene rings is 1. The molecule has 1 rings (SSSR count). The van der Waals surface area contributed by atoms with Crippen LogP contribution in [0.3, 0.4) is 0 Å². The van der Waals surface area contributed by atoms with Crippen molar-refractivity contribution in [2.45, 2.75) is 39.5 Å². The number of anilines is 1. The first-order valence-corrected chi connectivity index (χ1v) is 6.70. The molecule has 0 aliphatic carbocycles. The molecule has 1 amide bonds. The summed E-state index contributed by atoms with van der Waals surface area (Å²) in [6, 6.07) is 8.01. The number of carbonyl (C=O) groups excluding carboxylic acids is 1. The topological polar surface area (TPSA) is 55.1 Å². The second-order valence-corrected chi connectivity index (χ2v) is 5.07. The van der Waals surface area contributed by atoms with Crippen molar-refractivity contribution in [3.05, 3.63) is 29.8 Å². The van der Waals surface area contributed by atoms with Crippen LogP contribution in [0.2, 0.25) is 0 Å². The molecule has 0 radical (unpaired) electrons. The van der Waals surface area contributed by atoms with Crippen molar-refractivity contribution in [1.82, 2.24) is 0 Å². The molecule has 0 unspecified atom stereocenters. The maximum absolute atomic E-state index is 11.7. The normalized spacial score (nSPS) is 10.7. The van der Waals surface area contributed by atoms with Gasteiger partial charge in [0.2, 0.25) is 5.91 Å². The highest BCUT2D eigenvalue weighted by molar-refractivity contribution is 5.90. The molecule has 3 heteroatoms. The number of nitrogens with one attached hydrogen (secondary N) is 1. The van der Waals surface area contributed by atoms with Gasteiger partial charge in [0.15, 0.2) is 0 Å². The second-order valence-electron chi connectivity index (χ2n) is 5.07. The van der Waals surface area contributed by atoms with Crippen LogP contribution < -0.4 is 11.1 Å². The molecule has 0 fully saturated rings. The first-order valence-electron chi connectivity index (χ1n) is 6.70. The molecule has 0 saturated carbocycles. The fourth-order valence-electron chi connectivity index (χ4n) is 1.75. The van der Waals surface area contributed by atoms with Crippen LogP contribution in [-0.4, -0.2) is 12.5 Å². The van der Waals surface area contributed by atoms with Gasteiger partial charge in [0.05, 0.1) is 0 Å². The SMILES string of the molecule is CC(C)CCC(=O)Nc1cccc(CCCN)c1. The molecule has 0 aliphatic heterocycles. The van der Waals surface area contributed by atoms with Gasteiger partial charge in [0, 0.05) is 12.1 Å². The van der Waals surface area contributed by atoms with Crippen LogP contribution in [0.15, 0.2) is 24.3 Å². The summed E-state index contributed by atoms with van der Waals surface area (Å²) in [5.41, 5.74) is 7.60. The maximum atomic E-state index is 11.7. The quantitative estimate of drug-likeness (QED) is 0.779. The third-order valence-electron chi connectivity index (χ3n) is 2.83. The molecule has 100 valence electrons. The molecule has 3 nitrogen and oxygen atoms in total. The van der Waals surface area contributed by atoms with Crippen molar-refractivity contribution in [2.75, 3.05) is 11.9 Å². The average molecular weight is 248 g/mol. The summed E-state index contributed by atoms with van der Waals surface area (Å²) in [6.07, 6.45) is 3.46. The largest absolute Gasteiger partial charge is 0.330 e. The molecular weight excluding hydrogens is 224 g/mol. The lowest BCUT2D eigenvalue weighted by Crippen LogP contribution is -2.12. The van der Waals surface area contributed by atoms with Gasteiger partial charge in [-0.2, -0.15) is 0 Å². The number of rotatable bonds is 7. The lowest BCUT2D eigenvalue weighted by Gasteiger charge is -2.08. The minimum absolute atomic E-state index is 0.0969. The molecule has 3 N–H and O–H groups in total. The third-order valence-corrected chi connectivity index (χ3v) is 2.83. The van der Waals surface area contributed by atoms with Crippen molar-refractivity contribution < 1.29 is 4.79 Å². The molecule has 0 aliphatic rings. The van der Waals surface area contributed by atoms with Crippen LogP contribution in [0.25, 0.3) is 0 Å². The summed E-state index contributed by atoms with van der Waals surface area (Å²) in [5, 5.41) is 2.94. The summed E-state index contributed by atoms with van der Waals surface area (Å²) in [5.74, 6) is 0.659. The average Bonchev–Trinajstić information content (AvgIpc) is 2.34. The summed E-state index contributed by atoms with van der Waals surface area (Å²) in [4.78, 5) is 11.7. The molecule has 0 heterocycles. The summed E-state index contributed by atoms with van der Waals surface area (Å²) < 4.78 is 0. The third kappa shape index (κ3) is 5.82. The van der Waals surface area contributed by atoms with E-state index >= 15 is 0 Å². The predicted molar refractivity (Wildman–Crippen MR) is 76.5 cm³/mol. The Kier molecular flexibility index (Phi) is 6.44. The fraction of sp³-hybridized carbons (Fsp3) is 0.533. The van der Waals surface area contributed by atoms with Crippen molar-refractivity contribution in [3.8, 4) is 0 Å². The Bertz CT molecular complexity index is 375. The summed E-state index contributed by atoms with van der Waals surface area (Å²) in [6.45, 7) is 4.95. The van der Waals surface area contributed by atoms with E-state index in [0.29, 0.717) is 18.9 Å². The fourth-order valence-corrected chi connectivity index (χ4v) is 1.75. The Morgan fingerprint density at radius 3 is 2.83 bits per heavy atom. The zero-order valence-corrected chi connectivity index (χ0v) is 11.4. The Balaban J connectivity index is 2.48. The number of amides is 1. The van der Waals surface area contributed by atoms with Gasteiger partial charge in [-0.25, -0.2) is 0 Å². The van der Waals surface area contributed by atoms with Gasteiger partial charge in [0.1, 0.15) is 0 Å². The summed E-state index contributed by atoms with van der Waals surface area (Å²) >= 11 is 0. The van der Waals surface area contributed by atoms with E-state index in [9.17, 15) is 4.79 Å². The first-order chi connectivity index (χ1) is 8.61. The maximum Gasteiger partial charge on any atom is 0.224 e. The molecule has 1 aromatic carbocycles. The zero-order chi connectivity index (χ0) is 13.4. The van der Waals surface area contributed by atoms with Crippen LogP contribution in [-0.2, 0) is 11.2 Å².